The van der Waals surface area contributed by atoms with Gasteiger partial charge >= 0.3 is 6.09 Å². The first kappa shape index (κ1) is 16.8. The van der Waals surface area contributed by atoms with Gasteiger partial charge < -0.3 is 15.0 Å². The largest absolute Gasteiger partial charge is 0.450 e. The number of carbonyl (C=O) groups excluding carboxylic acids is 2. The standard InChI is InChI=1S/C15H28N2O3/c1-4-20-15(19)17-10-6-8-13(11-17)14(18)16-9-5-7-12(2)3/h12-13H,4-11H2,1-3H3,(H,16,18). The van der Waals surface area contributed by atoms with Crippen molar-refractivity contribution in [1.29, 1.82) is 0 Å². The molecule has 5 nitrogen and oxygen atoms in total. The number of likely N-dealkylation sites (tertiary alicyclic amines) is 1. The van der Waals surface area contributed by atoms with Crippen LogP contribution >= 0.6 is 0 Å². The second kappa shape index (κ2) is 8.82. The molecule has 1 unspecified atom stereocenters. The smallest absolute Gasteiger partial charge is 0.409 e. The molecular weight excluding hydrogens is 256 g/mol. The van der Waals surface area contributed by atoms with E-state index in [2.05, 4.69) is 19.2 Å². The van der Waals surface area contributed by atoms with E-state index >= 15 is 0 Å². The zero-order valence-electron chi connectivity index (χ0n) is 13.0. The summed E-state index contributed by atoms with van der Waals surface area (Å²) in [7, 11) is 0. The van der Waals surface area contributed by atoms with Crippen LogP contribution < -0.4 is 5.32 Å². The van der Waals surface area contributed by atoms with Gasteiger partial charge in [0.25, 0.3) is 0 Å². The van der Waals surface area contributed by atoms with Crippen molar-refractivity contribution < 1.29 is 14.3 Å². The molecule has 0 radical (unpaired) electrons. The third-order valence-electron chi connectivity index (χ3n) is 3.58. The fraction of sp³-hybridized carbons (Fsp3) is 0.867. The van der Waals surface area contributed by atoms with Gasteiger partial charge in [-0.15, -0.1) is 0 Å². The van der Waals surface area contributed by atoms with E-state index in [9.17, 15) is 9.59 Å². The molecule has 1 aliphatic rings. The van der Waals surface area contributed by atoms with Crippen LogP contribution in [0.3, 0.4) is 0 Å². The van der Waals surface area contributed by atoms with Crippen molar-refractivity contribution >= 4 is 12.0 Å². The van der Waals surface area contributed by atoms with Gasteiger partial charge in [0.15, 0.2) is 0 Å². The Morgan fingerprint density at radius 3 is 2.80 bits per heavy atom. The number of hydrogen-bond acceptors (Lipinski definition) is 3. The molecule has 20 heavy (non-hydrogen) atoms. The monoisotopic (exact) mass is 284 g/mol. The molecule has 1 fully saturated rings. The van der Waals surface area contributed by atoms with Gasteiger partial charge in [-0.25, -0.2) is 4.79 Å². The molecule has 0 saturated carbocycles. The Bertz CT molecular complexity index is 318. The van der Waals surface area contributed by atoms with Crippen LogP contribution in [0.5, 0.6) is 0 Å². The fourth-order valence-electron chi connectivity index (χ4n) is 2.44. The highest BCUT2D eigenvalue weighted by atomic mass is 16.6. The van der Waals surface area contributed by atoms with E-state index in [1.165, 1.54) is 0 Å². The summed E-state index contributed by atoms with van der Waals surface area (Å²) in [5.74, 6) is 0.649. The van der Waals surface area contributed by atoms with E-state index in [0.717, 1.165) is 32.2 Å². The lowest BCUT2D eigenvalue weighted by atomic mass is 9.97. The Hall–Kier alpha value is -1.26. The Kier molecular flexibility index (Phi) is 7.41. The third-order valence-corrected chi connectivity index (χ3v) is 3.58. The van der Waals surface area contributed by atoms with Crippen molar-refractivity contribution in [2.75, 3.05) is 26.2 Å². The highest BCUT2D eigenvalue weighted by Crippen LogP contribution is 2.17. The molecule has 0 aromatic heterocycles. The van der Waals surface area contributed by atoms with Crippen LogP contribution in [-0.4, -0.2) is 43.1 Å². The molecule has 5 heteroatoms. The number of rotatable bonds is 6. The topological polar surface area (TPSA) is 58.6 Å². The first-order valence-electron chi connectivity index (χ1n) is 7.74. The van der Waals surface area contributed by atoms with E-state index < -0.39 is 0 Å². The highest BCUT2D eigenvalue weighted by Gasteiger charge is 2.28. The molecule has 1 rings (SSSR count). The molecule has 2 amide bonds. The average molecular weight is 284 g/mol. The zero-order valence-corrected chi connectivity index (χ0v) is 13.0. The Labute approximate surface area is 122 Å². The molecule has 1 aliphatic heterocycles. The Morgan fingerprint density at radius 2 is 2.15 bits per heavy atom. The number of amides is 2. The molecular formula is C15H28N2O3. The molecule has 0 aromatic rings. The van der Waals surface area contributed by atoms with Gasteiger partial charge in [-0.05, 0) is 38.5 Å². The van der Waals surface area contributed by atoms with Crippen LogP contribution in [0.2, 0.25) is 0 Å². The summed E-state index contributed by atoms with van der Waals surface area (Å²) < 4.78 is 4.99. The first-order chi connectivity index (χ1) is 9.54. The summed E-state index contributed by atoms with van der Waals surface area (Å²) in [6.45, 7) is 8.43. The van der Waals surface area contributed by atoms with Crippen molar-refractivity contribution in [1.82, 2.24) is 10.2 Å². The summed E-state index contributed by atoms with van der Waals surface area (Å²) >= 11 is 0. The Morgan fingerprint density at radius 1 is 1.40 bits per heavy atom. The second-order valence-electron chi connectivity index (χ2n) is 5.81. The van der Waals surface area contributed by atoms with Gasteiger partial charge in [-0.1, -0.05) is 13.8 Å². The van der Waals surface area contributed by atoms with Crippen LogP contribution in [0.15, 0.2) is 0 Å². The summed E-state index contributed by atoms with van der Waals surface area (Å²) in [5, 5.41) is 2.98. The van der Waals surface area contributed by atoms with Crippen LogP contribution in [0.25, 0.3) is 0 Å². The predicted molar refractivity (Wildman–Crippen MR) is 78.4 cm³/mol. The number of nitrogens with one attached hydrogen (secondary N) is 1. The molecule has 1 N–H and O–H groups in total. The maximum atomic E-state index is 12.1. The van der Waals surface area contributed by atoms with Gasteiger partial charge in [0, 0.05) is 19.6 Å². The number of piperidine rings is 1. The molecule has 0 aliphatic carbocycles. The van der Waals surface area contributed by atoms with Crippen LogP contribution in [-0.2, 0) is 9.53 Å². The molecule has 0 bridgehead atoms. The maximum Gasteiger partial charge on any atom is 0.409 e. The minimum Gasteiger partial charge on any atom is -0.450 e. The number of hydrogen-bond donors (Lipinski definition) is 1. The van der Waals surface area contributed by atoms with Gasteiger partial charge in [0.05, 0.1) is 12.5 Å². The van der Waals surface area contributed by atoms with E-state index in [0.29, 0.717) is 25.6 Å². The lowest BCUT2D eigenvalue weighted by Gasteiger charge is -2.31. The third kappa shape index (κ3) is 5.80. The average Bonchev–Trinajstić information content (AvgIpc) is 2.43. The van der Waals surface area contributed by atoms with E-state index in [1.807, 2.05) is 0 Å². The lowest BCUT2D eigenvalue weighted by molar-refractivity contribution is -0.126. The quantitative estimate of drug-likeness (QED) is 0.762. The molecule has 0 spiro atoms. The molecule has 0 aromatic carbocycles. The summed E-state index contributed by atoms with van der Waals surface area (Å²) in [6, 6.07) is 0. The first-order valence-corrected chi connectivity index (χ1v) is 7.74. The SMILES string of the molecule is CCOC(=O)N1CCCC(C(=O)NCCCC(C)C)C1. The van der Waals surface area contributed by atoms with Gasteiger partial charge in [-0.2, -0.15) is 0 Å². The van der Waals surface area contributed by atoms with Crippen LogP contribution in [0.1, 0.15) is 46.5 Å². The predicted octanol–water partition coefficient (Wildman–Crippen LogP) is 2.41. The number of nitrogens with zero attached hydrogens (tertiary/aromatic N) is 1. The van der Waals surface area contributed by atoms with Crippen LogP contribution in [0, 0.1) is 11.8 Å². The normalized spacial score (nSPS) is 19.0. The minimum atomic E-state index is -0.301. The molecule has 1 atom stereocenters. The minimum absolute atomic E-state index is 0.0720. The van der Waals surface area contributed by atoms with E-state index in [4.69, 9.17) is 4.74 Å². The maximum absolute atomic E-state index is 12.1. The van der Waals surface area contributed by atoms with Gasteiger partial charge in [0.1, 0.15) is 0 Å². The molecule has 116 valence electrons. The number of carbonyl (C=O) groups is 2. The van der Waals surface area contributed by atoms with E-state index in [1.54, 1.807) is 11.8 Å². The summed E-state index contributed by atoms with van der Waals surface area (Å²) in [5.41, 5.74) is 0. The fourth-order valence-corrected chi connectivity index (χ4v) is 2.44. The van der Waals surface area contributed by atoms with Crippen molar-refractivity contribution in [3.8, 4) is 0 Å². The molecule has 1 heterocycles. The van der Waals surface area contributed by atoms with Crippen molar-refractivity contribution in [3.05, 3.63) is 0 Å². The van der Waals surface area contributed by atoms with Gasteiger partial charge in [0.2, 0.25) is 5.91 Å². The van der Waals surface area contributed by atoms with Crippen molar-refractivity contribution in [2.45, 2.75) is 46.5 Å². The van der Waals surface area contributed by atoms with E-state index in [-0.39, 0.29) is 17.9 Å². The Balaban J connectivity index is 2.31. The zero-order chi connectivity index (χ0) is 15.0. The summed E-state index contributed by atoms with van der Waals surface area (Å²) in [4.78, 5) is 25.4. The van der Waals surface area contributed by atoms with Gasteiger partial charge in [-0.3, -0.25) is 4.79 Å². The summed E-state index contributed by atoms with van der Waals surface area (Å²) in [6.07, 6.45) is 3.55. The van der Waals surface area contributed by atoms with Crippen molar-refractivity contribution in [3.63, 3.8) is 0 Å². The van der Waals surface area contributed by atoms with Crippen LogP contribution in [0.4, 0.5) is 4.79 Å². The van der Waals surface area contributed by atoms with Crippen molar-refractivity contribution in [2.24, 2.45) is 11.8 Å². The second-order valence-corrected chi connectivity index (χ2v) is 5.81. The molecule has 1 saturated heterocycles. The highest BCUT2D eigenvalue weighted by molar-refractivity contribution is 5.79. The lowest BCUT2D eigenvalue weighted by Crippen LogP contribution is -2.45. The number of ether oxygens (including phenoxy) is 1.